The summed E-state index contributed by atoms with van der Waals surface area (Å²) >= 11 is 0. The molecule has 2 N–H and O–H groups in total. The molecule has 1 amide bonds. The molecule has 0 aliphatic rings. The number of nitrogens with two attached hydrogens (primary N) is 1. The van der Waals surface area contributed by atoms with Crippen molar-refractivity contribution in [3.8, 4) is 0 Å². The second-order valence-corrected chi connectivity index (χ2v) is 3.98. The Morgan fingerprint density at radius 1 is 0.938 bits per heavy atom. The van der Waals surface area contributed by atoms with Gasteiger partial charge in [-0.2, -0.15) is 0 Å². The van der Waals surface area contributed by atoms with Crippen molar-refractivity contribution in [1.82, 2.24) is 0 Å². The average Bonchev–Trinajstić information content (AvgIpc) is 2.19. The first-order valence-corrected chi connectivity index (χ1v) is 6.80. The van der Waals surface area contributed by atoms with Crippen LogP contribution in [0.1, 0.15) is 27.7 Å². The van der Waals surface area contributed by atoms with E-state index < -0.39 is 15.6 Å². The zero-order chi connectivity index (χ0) is 12.8. The molecular weight excluding hydrogens is 230 g/mol. The summed E-state index contributed by atoms with van der Waals surface area (Å²) in [4.78, 5) is 9.60. The van der Waals surface area contributed by atoms with Crippen LogP contribution in [0.2, 0.25) is 0 Å². The van der Waals surface area contributed by atoms with Crippen molar-refractivity contribution in [1.29, 1.82) is 0 Å². The molecule has 0 saturated heterocycles. The van der Waals surface area contributed by atoms with Crippen molar-refractivity contribution in [3.05, 3.63) is 0 Å². The summed E-state index contributed by atoms with van der Waals surface area (Å²) in [6.45, 7) is 9.92. The number of hydrogen-bond donors (Lipinski definition) is 1. The number of hydrogen-bond acceptors (Lipinski definition) is 5. The Morgan fingerprint density at radius 3 is 1.44 bits per heavy atom. The molecule has 0 aliphatic heterocycles. The van der Waals surface area contributed by atoms with Crippen molar-refractivity contribution in [2.24, 2.45) is 5.73 Å². The zero-order valence-corrected chi connectivity index (χ0v) is 11.7. The first-order chi connectivity index (χ1) is 7.62. The Bertz CT molecular complexity index is 145. The van der Waals surface area contributed by atoms with Crippen LogP contribution in [0.25, 0.3) is 0 Å². The lowest BCUT2D eigenvalue weighted by Crippen LogP contribution is -2.27. The molecule has 0 fully saturated rings. The van der Waals surface area contributed by atoms with Gasteiger partial charge in [0.2, 0.25) is 0 Å². The van der Waals surface area contributed by atoms with Crippen LogP contribution >= 0.6 is 0 Å². The van der Waals surface area contributed by atoms with Gasteiger partial charge >= 0.3 is 15.6 Å². The molecule has 0 aromatic heterocycles. The van der Waals surface area contributed by atoms with Crippen LogP contribution in [0.15, 0.2) is 0 Å². The van der Waals surface area contributed by atoms with Crippen LogP contribution in [0.5, 0.6) is 0 Å². The molecule has 0 aromatic carbocycles. The van der Waals surface area contributed by atoms with Gasteiger partial charge in [0.15, 0.2) is 0 Å². The molecule has 6 nitrogen and oxygen atoms in total. The number of amides is 1. The third-order valence-corrected chi connectivity index (χ3v) is 3.01. The largest absolute Gasteiger partial charge is 0.484 e. The van der Waals surface area contributed by atoms with Gasteiger partial charge in [-0.1, -0.05) is 0 Å². The summed E-state index contributed by atoms with van der Waals surface area (Å²) < 4.78 is 19.8. The van der Waals surface area contributed by atoms with E-state index in [1.165, 1.54) is 0 Å². The lowest BCUT2D eigenvalue weighted by Gasteiger charge is -2.12. The number of rotatable bonds is 7. The van der Waals surface area contributed by atoms with Gasteiger partial charge in [-0.25, -0.2) is 4.79 Å². The molecule has 0 unspecified atom stereocenters. The van der Waals surface area contributed by atoms with E-state index in [2.05, 4.69) is 10.5 Å². The smallest absolute Gasteiger partial charge is 0.450 e. The van der Waals surface area contributed by atoms with E-state index in [0.29, 0.717) is 26.4 Å². The van der Waals surface area contributed by atoms with E-state index in [-0.39, 0.29) is 0 Å². The molecule has 0 rings (SSSR count). The van der Waals surface area contributed by atoms with Crippen molar-refractivity contribution in [2.45, 2.75) is 27.7 Å². The highest BCUT2D eigenvalue weighted by Gasteiger charge is 2.11. The molecule has 0 spiro atoms. The molecular formula is C9H23NO5Si. The van der Waals surface area contributed by atoms with Crippen molar-refractivity contribution < 1.29 is 22.8 Å². The maximum Gasteiger partial charge on any atom is 0.484 e. The second kappa shape index (κ2) is 14.4. The minimum atomic E-state index is -1.73. The molecule has 0 bridgehead atoms. The fourth-order valence-corrected chi connectivity index (χ4v) is 1.80. The summed E-state index contributed by atoms with van der Waals surface area (Å²) in [5.41, 5.74) is 4.54. The summed E-state index contributed by atoms with van der Waals surface area (Å²) in [7, 11) is -1.73. The van der Waals surface area contributed by atoms with Gasteiger partial charge in [0, 0.05) is 19.8 Å². The standard InChI is InChI=1S/C6H16O3Si.C3H7NO2/c1-4-7-10(8-5-2)9-6-3;1-2-6-3(4)5/h10H,4-6H2,1-3H3;2H2,1H3,(H2,4,5). The Kier molecular flexibility index (Phi) is 15.9. The normalized spacial score (nSPS) is 9.56. The van der Waals surface area contributed by atoms with Crippen molar-refractivity contribution in [2.75, 3.05) is 26.4 Å². The van der Waals surface area contributed by atoms with Crippen LogP contribution in [0, 0.1) is 0 Å². The highest BCUT2D eigenvalue weighted by Crippen LogP contribution is 1.91. The van der Waals surface area contributed by atoms with Gasteiger partial charge in [0.25, 0.3) is 0 Å². The Balaban J connectivity index is 0. The van der Waals surface area contributed by atoms with Crippen LogP contribution in [0.3, 0.4) is 0 Å². The second-order valence-electron chi connectivity index (χ2n) is 2.41. The van der Waals surface area contributed by atoms with E-state index >= 15 is 0 Å². The Morgan fingerprint density at radius 2 is 1.31 bits per heavy atom. The van der Waals surface area contributed by atoms with Crippen LogP contribution in [0.4, 0.5) is 4.79 Å². The molecule has 7 heteroatoms. The fourth-order valence-electron chi connectivity index (χ4n) is 0.695. The number of carbonyl (C=O) groups excluding carboxylic acids is 1. The van der Waals surface area contributed by atoms with Gasteiger partial charge in [-0.3, -0.25) is 0 Å². The fraction of sp³-hybridized carbons (Fsp3) is 0.889. The molecule has 0 radical (unpaired) electrons. The van der Waals surface area contributed by atoms with Gasteiger partial charge < -0.3 is 23.7 Å². The third-order valence-electron chi connectivity index (χ3n) is 1.19. The summed E-state index contributed by atoms with van der Waals surface area (Å²) in [6, 6.07) is 0. The first kappa shape index (κ1) is 17.8. The minimum Gasteiger partial charge on any atom is -0.450 e. The molecule has 0 heterocycles. The molecule has 0 aromatic rings. The zero-order valence-electron chi connectivity index (χ0n) is 10.5. The SMILES string of the molecule is CCOC(N)=O.CCO[SiH](OCC)OCC. The maximum absolute atomic E-state index is 9.60. The Hall–Kier alpha value is -0.633. The minimum absolute atomic E-state index is 0.356. The quantitative estimate of drug-likeness (QED) is 0.682. The van der Waals surface area contributed by atoms with Crippen LogP contribution in [-0.2, 0) is 18.0 Å². The van der Waals surface area contributed by atoms with Crippen LogP contribution in [-0.4, -0.2) is 42.0 Å². The van der Waals surface area contributed by atoms with E-state index in [4.69, 9.17) is 13.3 Å². The van der Waals surface area contributed by atoms with Crippen molar-refractivity contribution in [3.63, 3.8) is 0 Å². The molecule has 0 saturated carbocycles. The van der Waals surface area contributed by atoms with E-state index in [1.54, 1.807) is 6.92 Å². The topological polar surface area (TPSA) is 80.0 Å². The third kappa shape index (κ3) is 15.8. The summed E-state index contributed by atoms with van der Waals surface area (Å²) in [5, 5.41) is 0. The van der Waals surface area contributed by atoms with Crippen molar-refractivity contribution >= 4 is 15.6 Å². The number of ether oxygens (including phenoxy) is 1. The summed E-state index contributed by atoms with van der Waals surface area (Å²) in [6.07, 6.45) is -0.711. The van der Waals surface area contributed by atoms with E-state index in [9.17, 15) is 4.79 Å². The first-order valence-electron chi connectivity index (χ1n) is 5.39. The molecule has 98 valence electrons. The Labute approximate surface area is 99.0 Å². The molecule has 0 atom stereocenters. The van der Waals surface area contributed by atoms with Gasteiger partial charge in [-0.05, 0) is 27.7 Å². The van der Waals surface area contributed by atoms with Gasteiger partial charge in [0.1, 0.15) is 0 Å². The summed E-state index contributed by atoms with van der Waals surface area (Å²) in [5.74, 6) is 0. The monoisotopic (exact) mass is 253 g/mol. The number of primary amides is 1. The maximum atomic E-state index is 9.60. The van der Waals surface area contributed by atoms with Crippen LogP contribution < -0.4 is 5.73 Å². The highest BCUT2D eigenvalue weighted by molar-refractivity contribution is 6.36. The predicted octanol–water partition coefficient (Wildman–Crippen LogP) is 0.915. The molecule has 0 aliphatic carbocycles. The highest BCUT2D eigenvalue weighted by atomic mass is 28.3. The molecule has 16 heavy (non-hydrogen) atoms. The van der Waals surface area contributed by atoms with E-state index in [0.717, 1.165) is 0 Å². The van der Waals surface area contributed by atoms with E-state index in [1.807, 2.05) is 20.8 Å². The average molecular weight is 253 g/mol. The predicted molar refractivity (Wildman–Crippen MR) is 63.2 cm³/mol. The lowest BCUT2D eigenvalue weighted by atomic mass is 10.9. The lowest BCUT2D eigenvalue weighted by molar-refractivity contribution is 0.107. The number of carbonyl (C=O) groups is 1. The van der Waals surface area contributed by atoms with Gasteiger partial charge in [0.05, 0.1) is 6.61 Å². The van der Waals surface area contributed by atoms with Gasteiger partial charge in [-0.15, -0.1) is 0 Å².